The van der Waals surface area contributed by atoms with Crippen molar-refractivity contribution in [3.05, 3.63) is 33.9 Å². The molecule has 0 aromatic heterocycles. The molecule has 2 N–H and O–H groups in total. The highest BCUT2D eigenvalue weighted by Gasteiger charge is 2.22. The number of benzene rings is 1. The Kier molecular flexibility index (Phi) is 4.74. The van der Waals surface area contributed by atoms with Crippen LogP contribution in [0.4, 0.5) is 5.69 Å². The number of phenolic OH excluding ortho intramolecular Hbond substituents is 1. The van der Waals surface area contributed by atoms with E-state index in [4.69, 9.17) is 0 Å². The molecule has 0 saturated carbocycles. The van der Waals surface area contributed by atoms with Gasteiger partial charge in [0.1, 0.15) is 11.3 Å². The summed E-state index contributed by atoms with van der Waals surface area (Å²) >= 11 is 0. The maximum Gasteiger partial charge on any atom is 0.282 e. The summed E-state index contributed by atoms with van der Waals surface area (Å²) < 4.78 is 0. The maximum absolute atomic E-state index is 12.1. The minimum Gasteiger partial charge on any atom is -0.508 e. The zero-order chi connectivity index (χ0) is 15.4. The third-order valence-corrected chi connectivity index (χ3v) is 3.81. The predicted molar refractivity (Wildman–Crippen MR) is 77.3 cm³/mol. The number of nitro groups is 1. The van der Waals surface area contributed by atoms with E-state index in [-0.39, 0.29) is 17.0 Å². The summed E-state index contributed by atoms with van der Waals surface area (Å²) in [6.45, 7) is 2.49. The number of aromatic hydroxyl groups is 1. The molecular weight excluding hydrogens is 274 g/mol. The molecule has 0 bridgehead atoms. The van der Waals surface area contributed by atoms with Crippen molar-refractivity contribution in [2.24, 2.45) is 5.92 Å². The predicted octanol–water partition coefficient (Wildman–Crippen LogP) is 1.37. The van der Waals surface area contributed by atoms with E-state index in [9.17, 15) is 20.0 Å². The van der Waals surface area contributed by atoms with E-state index in [1.165, 1.54) is 6.07 Å². The molecule has 0 unspecified atom stereocenters. The van der Waals surface area contributed by atoms with Gasteiger partial charge in [0.25, 0.3) is 11.6 Å². The van der Waals surface area contributed by atoms with E-state index in [1.54, 1.807) is 0 Å². The normalized spacial score (nSPS) is 16.6. The van der Waals surface area contributed by atoms with Crippen molar-refractivity contribution in [2.75, 3.05) is 26.7 Å². The zero-order valence-electron chi connectivity index (χ0n) is 11.9. The summed E-state index contributed by atoms with van der Waals surface area (Å²) in [5.74, 6) is -0.289. The first-order valence-corrected chi connectivity index (χ1v) is 6.91. The fourth-order valence-corrected chi connectivity index (χ4v) is 2.46. The van der Waals surface area contributed by atoms with Crippen molar-refractivity contribution in [3.8, 4) is 5.75 Å². The highest BCUT2D eigenvalue weighted by molar-refractivity contribution is 5.98. The number of likely N-dealkylation sites (tertiary alicyclic amines) is 1. The molecule has 7 heteroatoms. The second-order valence-corrected chi connectivity index (χ2v) is 5.42. The van der Waals surface area contributed by atoms with Crippen LogP contribution in [0.3, 0.4) is 0 Å². The highest BCUT2D eigenvalue weighted by Crippen LogP contribution is 2.23. The zero-order valence-corrected chi connectivity index (χ0v) is 11.9. The summed E-state index contributed by atoms with van der Waals surface area (Å²) in [5.41, 5.74) is -0.401. The van der Waals surface area contributed by atoms with Crippen LogP contribution in [0.2, 0.25) is 0 Å². The van der Waals surface area contributed by atoms with Crippen LogP contribution in [0.1, 0.15) is 23.2 Å². The number of carbonyl (C=O) groups excluding carboxylic acids is 1. The lowest BCUT2D eigenvalue weighted by Crippen LogP contribution is -2.37. The van der Waals surface area contributed by atoms with Gasteiger partial charge < -0.3 is 15.3 Å². The summed E-state index contributed by atoms with van der Waals surface area (Å²) in [6.07, 6.45) is 2.00. The Morgan fingerprint density at radius 2 is 2.14 bits per heavy atom. The number of nitro benzene ring substituents is 1. The lowest BCUT2D eigenvalue weighted by Gasteiger charge is -2.28. The number of amides is 1. The number of carbonyl (C=O) groups is 1. The van der Waals surface area contributed by atoms with E-state index in [0.29, 0.717) is 12.5 Å². The number of rotatable bonds is 4. The van der Waals surface area contributed by atoms with Gasteiger partial charge in [-0.15, -0.1) is 0 Å². The van der Waals surface area contributed by atoms with Gasteiger partial charge >= 0.3 is 0 Å². The lowest BCUT2D eigenvalue weighted by molar-refractivity contribution is -0.385. The van der Waals surface area contributed by atoms with Gasteiger partial charge in [-0.2, -0.15) is 0 Å². The quantitative estimate of drug-likeness (QED) is 0.645. The van der Waals surface area contributed by atoms with Gasteiger partial charge in [-0.3, -0.25) is 14.9 Å². The molecule has 2 rings (SSSR count). The fraction of sp³-hybridized carbons (Fsp3) is 0.500. The van der Waals surface area contributed by atoms with Gasteiger partial charge in [0.15, 0.2) is 0 Å². The summed E-state index contributed by atoms with van der Waals surface area (Å²) in [6, 6.07) is 3.47. The Morgan fingerprint density at radius 1 is 1.48 bits per heavy atom. The first-order chi connectivity index (χ1) is 9.97. The Morgan fingerprint density at radius 3 is 2.76 bits per heavy atom. The van der Waals surface area contributed by atoms with Gasteiger partial charge in [-0.1, -0.05) is 0 Å². The number of nitrogens with zero attached hydrogens (tertiary/aromatic N) is 2. The Labute approximate surface area is 122 Å². The minimum absolute atomic E-state index is 0.104. The molecule has 1 amide bonds. The molecule has 1 aromatic carbocycles. The highest BCUT2D eigenvalue weighted by atomic mass is 16.6. The van der Waals surface area contributed by atoms with Crippen LogP contribution in [0, 0.1) is 16.0 Å². The van der Waals surface area contributed by atoms with Crippen LogP contribution in [0.25, 0.3) is 0 Å². The van der Waals surface area contributed by atoms with Crippen LogP contribution in [0.15, 0.2) is 18.2 Å². The lowest BCUT2D eigenvalue weighted by atomic mass is 9.97. The number of phenols is 1. The number of hydrogen-bond acceptors (Lipinski definition) is 5. The molecule has 1 saturated heterocycles. The van der Waals surface area contributed by atoms with Crippen LogP contribution >= 0.6 is 0 Å². The molecule has 0 atom stereocenters. The van der Waals surface area contributed by atoms with Gasteiger partial charge in [-0.05, 0) is 51.0 Å². The number of hydrogen-bond donors (Lipinski definition) is 2. The van der Waals surface area contributed by atoms with Crippen LogP contribution in [0.5, 0.6) is 5.75 Å². The second-order valence-electron chi connectivity index (χ2n) is 5.42. The summed E-state index contributed by atoms with van der Waals surface area (Å²) in [5, 5.41) is 23.1. The van der Waals surface area contributed by atoms with Crippen LogP contribution in [-0.4, -0.2) is 47.5 Å². The van der Waals surface area contributed by atoms with Crippen molar-refractivity contribution in [1.82, 2.24) is 10.2 Å². The van der Waals surface area contributed by atoms with Crippen molar-refractivity contribution in [1.29, 1.82) is 0 Å². The van der Waals surface area contributed by atoms with E-state index < -0.39 is 10.8 Å². The number of piperidine rings is 1. The summed E-state index contributed by atoms with van der Waals surface area (Å²) in [7, 11) is 2.06. The Hall–Kier alpha value is -2.15. The SMILES string of the molecule is CN1CCC(CNC(=O)c2cc(O)ccc2[N+](=O)[O-])CC1. The van der Waals surface area contributed by atoms with Gasteiger partial charge in [0, 0.05) is 12.6 Å². The van der Waals surface area contributed by atoms with Crippen molar-refractivity contribution in [3.63, 3.8) is 0 Å². The van der Waals surface area contributed by atoms with Gasteiger partial charge in [0.2, 0.25) is 0 Å². The molecule has 0 aliphatic carbocycles. The molecule has 1 aliphatic rings. The molecule has 1 fully saturated rings. The van der Waals surface area contributed by atoms with E-state index in [2.05, 4.69) is 17.3 Å². The topological polar surface area (TPSA) is 95.7 Å². The first-order valence-electron chi connectivity index (χ1n) is 6.91. The van der Waals surface area contributed by atoms with E-state index in [1.807, 2.05) is 0 Å². The van der Waals surface area contributed by atoms with Gasteiger partial charge in [0.05, 0.1) is 4.92 Å². The first kappa shape index (κ1) is 15.2. The third-order valence-electron chi connectivity index (χ3n) is 3.81. The Balaban J connectivity index is 2.00. The molecule has 21 heavy (non-hydrogen) atoms. The maximum atomic E-state index is 12.1. The van der Waals surface area contributed by atoms with Crippen LogP contribution in [-0.2, 0) is 0 Å². The largest absolute Gasteiger partial charge is 0.508 e. The van der Waals surface area contributed by atoms with E-state index in [0.717, 1.165) is 38.1 Å². The monoisotopic (exact) mass is 293 g/mol. The molecule has 1 heterocycles. The standard InChI is InChI=1S/C14H19N3O4/c1-16-6-4-10(5-7-16)9-15-14(19)12-8-11(18)2-3-13(12)17(20)21/h2-3,8,10,18H,4-7,9H2,1H3,(H,15,19). The molecule has 7 nitrogen and oxygen atoms in total. The average Bonchev–Trinajstić information content (AvgIpc) is 2.46. The third kappa shape index (κ3) is 3.91. The molecule has 0 radical (unpaired) electrons. The average molecular weight is 293 g/mol. The number of nitrogens with one attached hydrogen (secondary N) is 1. The second kappa shape index (κ2) is 6.53. The fourth-order valence-electron chi connectivity index (χ4n) is 2.46. The van der Waals surface area contributed by atoms with Crippen molar-refractivity contribution >= 4 is 11.6 Å². The smallest absolute Gasteiger partial charge is 0.282 e. The molecule has 1 aromatic rings. The summed E-state index contributed by atoms with van der Waals surface area (Å²) in [4.78, 5) is 24.6. The Bertz CT molecular complexity index is 539. The van der Waals surface area contributed by atoms with Crippen molar-refractivity contribution < 1.29 is 14.8 Å². The van der Waals surface area contributed by atoms with E-state index >= 15 is 0 Å². The molecular formula is C14H19N3O4. The minimum atomic E-state index is -0.621. The molecule has 1 aliphatic heterocycles. The van der Waals surface area contributed by atoms with Crippen LogP contribution < -0.4 is 5.32 Å². The van der Waals surface area contributed by atoms with Crippen molar-refractivity contribution in [2.45, 2.75) is 12.8 Å². The molecule has 114 valence electrons. The van der Waals surface area contributed by atoms with Gasteiger partial charge in [-0.25, -0.2) is 0 Å². The molecule has 0 spiro atoms.